The molecular weight excluding hydrogens is 765 g/mol. The maximum atomic E-state index is 6.64. The Morgan fingerprint density at radius 3 is 1.65 bits per heavy atom. The third-order valence-electron chi connectivity index (χ3n) is 12.4. The molecule has 0 atom stereocenters. The SMILES string of the molecule is c1ccc(-c2ccc(N(c3ccc4c5ccccc5n(-c5ccccc5-c5cccc6c5oc5ccccc56)c4c3)c3ccc(-c4ccccc4)cc3-c3ccccc3)cc2)cc1. The van der Waals surface area contributed by atoms with Crippen LogP contribution in [0.15, 0.2) is 247 Å². The Bertz CT molecular complexity index is 3600. The summed E-state index contributed by atoms with van der Waals surface area (Å²) < 4.78 is 9.08. The van der Waals surface area contributed by atoms with E-state index in [0.717, 1.165) is 78.0 Å². The first-order chi connectivity index (χ1) is 31.3. The summed E-state index contributed by atoms with van der Waals surface area (Å²) >= 11 is 0. The summed E-state index contributed by atoms with van der Waals surface area (Å²) in [6, 6.07) is 87.2. The van der Waals surface area contributed by atoms with Gasteiger partial charge in [0.2, 0.25) is 0 Å². The first-order valence-corrected chi connectivity index (χ1v) is 21.5. The number of benzene rings is 10. The van der Waals surface area contributed by atoms with E-state index in [2.05, 4.69) is 246 Å². The van der Waals surface area contributed by atoms with Gasteiger partial charge in [0.25, 0.3) is 0 Å². The van der Waals surface area contributed by atoms with Crippen molar-refractivity contribution < 1.29 is 4.42 Å². The Kier molecular flexibility index (Phi) is 8.83. The predicted molar refractivity (Wildman–Crippen MR) is 264 cm³/mol. The molecule has 0 aliphatic heterocycles. The minimum atomic E-state index is 0.891. The minimum Gasteiger partial charge on any atom is -0.455 e. The van der Waals surface area contributed by atoms with Gasteiger partial charge in [0, 0.05) is 49.6 Å². The molecule has 0 saturated heterocycles. The molecule has 0 saturated carbocycles. The van der Waals surface area contributed by atoms with Crippen molar-refractivity contribution >= 4 is 60.8 Å². The molecule has 10 aromatic carbocycles. The maximum absolute atomic E-state index is 6.64. The van der Waals surface area contributed by atoms with E-state index in [1.54, 1.807) is 0 Å². The smallest absolute Gasteiger partial charge is 0.143 e. The molecule has 0 N–H and O–H groups in total. The van der Waals surface area contributed by atoms with Crippen molar-refractivity contribution in [2.24, 2.45) is 0 Å². The van der Waals surface area contributed by atoms with Crippen LogP contribution in [-0.2, 0) is 0 Å². The fraction of sp³-hybridized carbons (Fsp3) is 0. The molecule has 12 aromatic rings. The molecule has 2 heterocycles. The van der Waals surface area contributed by atoms with Crippen molar-refractivity contribution in [2.45, 2.75) is 0 Å². The van der Waals surface area contributed by atoms with Crippen LogP contribution >= 0.6 is 0 Å². The van der Waals surface area contributed by atoms with Gasteiger partial charge in [-0.1, -0.05) is 188 Å². The molecule has 0 unspecified atom stereocenters. The predicted octanol–water partition coefficient (Wildman–Crippen LogP) is 16.8. The Morgan fingerprint density at radius 2 is 0.873 bits per heavy atom. The van der Waals surface area contributed by atoms with E-state index < -0.39 is 0 Å². The van der Waals surface area contributed by atoms with Crippen molar-refractivity contribution in [1.29, 1.82) is 0 Å². The van der Waals surface area contributed by atoms with Crippen LogP contribution < -0.4 is 4.90 Å². The van der Waals surface area contributed by atoms with Crippen molar-refractivity contribution in [1.82, 2.24) is 4.57 Å². The molecule has 0 amide bonds. The average molecular weight is 805 g/mol. The first kappa shape index (κ1) is 36.5. The molecule has 12 rings (SSSR count). The Labute approximate surface area is 366 Å². The fourth-order valence-electron chi connectivity index (χ4n) is 9.46. The summed E-state index contributed by atoms with van der Waals surface area (Å²) in [5.41, 5.74) is 17.5. The Hall–Kier alpha value is -8.40. The number of furan rings is 1. The molecule has 0 fully saturated rings. The number of fused-ring (bicyclic) bond motifs is 6. The Morgan fingerprint density at radius 1 is 0.317 bits per heavy atom. The van der Waals surface area contributed by atoms with Crippen molar-refractivity contribution in [2.75, 3.05) is 4.90 Å². The number of rotatable bonds is 8. The summed E-state index contributed by atoms with van der Waals surface area (Å²) in [5, 5.41) is 4.63. The minimum absolute atomic E-state index is 0.891. The molecule has 0 aliphatic rings. The maximum Gasteiger partial charge on any atom is 0.143 e. The normalized spacial score (nSPS) is 11.5. The topological polar surface area (TPSA) is 21.3 Å². The molecule has 296 valence electrons. The van der Waals surface area contributed by atoms with E-state index in [1.165, 1.54) is 33.0 Å². The van der Waals surface area contributed by atoms with Gasteiger partial charge < -0.3 is 13.9 Å². The zero-order valence-electron chi connectivity index (χ0n) is 34.4. The van der Waals surface area contributed by atoms with Gasteiger partial charge in [-0.15, -0.1) is 0 Å². The Balaban J connectivity index is 1.10. The first-order valence-electron chi connectivity index (χ1n) is 21.5. The highest BCUT2D eigenvalue weighted by molar-refractivity contribution is 6.13. The lowest BCUT2D eigenvalue weighted by Crippen LogP contribution is -2.11. The number of hydrogen-bond donors (Lipinski definition) is 0. The lowest BCUT2D eigenvalue weighted by molar-refractivity contribution is 0.670. The number of nitrogens with zero attached hydrogens (tertiary/aromatic N) is 2. The summed E-state index contributed by atoms with van der Waals surface area (Å²) in [4.78, 5) is 2.42. The monoisotopic (exact) mass is 804 g/mol. The van der Waals surface area contributed by atoms with Crippen LogP contribution in [0.3, 0.4) is 0 Å². The van der Waals surface area contributed by atoms with E-state index in [-0.39, 0.29) is 0 Å². The quantitative estimate of drug-likeness (QED) is 0.153. The summed E-state index contributed by atoms with van der Waals surface area (Å²) in [5.74, 6) is 0. The molecule has 0 bridgehead atoms. The highest BCUT2D eigenvalue weighted by Gasteiger charge is 2.23. The second-order valence-electron chi connectivity index (χ2n) is 16.1. The molecule has 2 aromatic heterocycles. The van der Waals surface area contributed by atoms with E-state index in [4.69, 9.17) is 4.42 Å². The molecule has 0 aliphatic carbocycles. The molecular formula is C60H40N2O. The fourth-order valence-corrected chi connectivity index (χ4v) is 9.46. The van der Waals surface area contributed by atoms with Crippen LogP contribution in [0, 0.1) is 0 Å². The highest BCUT2D eigenvalue weighted by Crippen LogP contribution is 2.46. The highest BCUT2D eigenvalue weighted by atomic mass is 16.3. The second-order valence-corrected chi connectivity index (χ2v) is 16.1. The standard InChI is InChI=1S/C60H40N2O/c1-4-17-41(18-5-1)43-31-34-46(35-32-43)61(57-38-33-45(42-19-6-2-7-20-42)39-54(57)44-21-8-3-9-22-44)47-36-37-50-48-23-10-13-28-55(48)62(58(50)40-47)56-29-14-11-24-49(56)52-26-16-27-53-51-25-12-15-30-59(51)63-60(52)53/h1-40H. The number of hydrogen-bond acceptors (Lipinski definition) is 2. The molecule has 0 radical (unpaired) electrons. The third kappa shape index (κ3) is 6.29. The lowest BCUT2D eigenvalue weighted by Gasteiger charge is -2.29. The average Bonchev–Trinajstić information content (AvgIpc) is 3.91. The number of aromatic nitrogens is 1. The van der Waals surface area contributed by atoms with Crippen LogP contribution in [0.1, 0.15) is 0 Å². The molecule has 3 nitrogen and oxygen atoms in total. The molecule has 0 spiro atoms. The zero-order chi connectivity index (χ0) is 41.7. The van der Waals surface area contributed by atoms with E-state index >= 15 is 0 Å². The summed E-state index contributed by atoms with van der Waals surface area (Å²) in [7, 11) is 0. The van der Waals surface area contributed by atoms with Gasteiger partial charge in [-0.05, 0) is 82.4 Å². The van der Waals surface area contributed by atoms with Crippen molar-refractivity contribution in [3.8, 4) is 50.2 Å². The van der Waals surface area contributed by atoms with Gasteiger partial charge >= 0.3 is 0 Å². The van der Waals surface area contributed by atoms with Crippen LogP contribution in [0.2, 0.25) is 0 Å². The van der Waals surface area contributed by atoms with Gasteiger partial charge in [-0.2, -0.15) is 0 Å². The van der Waals surface area contributed by atoms with Crippen LogP contribution in [0.5, 0.6) is 0 Å². The summed E-state index contributed by atoms with van der Waals surface area (Å²) in [6.45, 7) is 0. The van der Waals surface area contributed by atoms with Crippen LogP contribution in [0.25, 0.3) is 93.9 Å². The number of anilines is 3. The van der Waals surface area contributed by atoms with E-state index in [1.807, 2.05) is 6.07 Å². The largest absolute Gasteiger partial charge is 0.455 e. The lowest BCUT2D eigenvalue weighted by atomic mass is 9.96. The zero-order valence-corrected chi connectivity index (χ0v) is 34.4. The second kappa shape index (κ2) is 15.3. The van der Waals surface area contributed by atoms with Crippen LogP contribution in [0.4, 0.5) is 17.1 Å². The third-order valence-corrected chi connectivity index (χ3v) is 12.4. The molecule has 3 heteroatoms. The van der Waals surface area contributed by atoms with Gasteiger partial charge in [-0.3, -0.25) is 0 Å². The number of para-hydroxylation sites is 4. The van der Waals surface area contributed by atoms with Gasteiger partial charge in [0.05, 0.1) is 22.4 Å². The van der Waals surface area contributed by atoms with Gasteiger partial charge in [-0.25, -0.2) is 0 Å². The van der Waals surface area contributed by atoms with Gasteiger partial charge in [0.15, 0.2) is 0 Å². The van der Waals surface area contributed by atoms with Gasteiger partial charge in [0.1, 0.15) is 11.2 Å². The van der Waals surface area contributed by atoms with E-state index in [9.17, 15) is 0 Å². The van der Waals surface area contributed by atoms with Crippen molar-refractivity contribution in [3.63, 3.8) is 0 Å². The molecule has 63 heavy (non-hydrogen) atoms. The van der Waals surface area contributed by atoms with Crippen LogP contribution in [-0.4, -0.2) is 4.57 Å². The summed E-state index contributed by atoms with van der Waals surface area (Å²) in [6.07, 6.45) is 0. The van der Waals surface area contributed by atoms with Crippen molar-refractivity contribution in [3.05, 3.63) is 243 Å². The van der Waals surface area contributed by atoms with E-state index in [0.29, 0.717) is 0 Å².